The minimum Gasteiger partial charge on any atom is -0.396 e. The van der Waals surface area contributed by atoms with Gasteiger partial charge in [-0.05, 0) is 78.6 Å². The molecule has 190 valence electrons. The highest BCUT2D eigenvalue weighted by molar-refractivity contribution is 5.96. The number of allylic oxidation sites excluding steroid dienone is 2. The summed E-state index contributed by atoms with van der Waals surface area (Å²) in [5.74, 6) is 1.25. The molecule has 0 bridgehead atoms. The molecular formula is C30H46O4. The van der Waals surface area contributed by atoms with E-state index in [1.54, 1.807) is 0 Å². The molecule has 0 radical (unpaired) electrons. The highest BCUT2D eigenvalue weighted by Gasteiger charge is 2.72. The lowest BCUT2D eigenvalue weighted by Gasteiger charge is -2.71. The zero-order valence-electron chi connectivity index (χ0n) is 22.4. The summed E-state index contributed by atoms with van der Waals surface area (Å²) in [6.45, 7) is 15.7. The Morgan fingerprint density at radius 2 is 1.68 bits per heavy atom. The standard InChI is InChI=1S/C30H46O4/c1-17-8-11-30(16-31)13-12-28(6)19(23(30)18(17)2)14-20(32)25-27(5)10-9-22(34)26(3,4)24(27)21(33)15-29(25,28)7/h14,17-18,21,23-25,31,33H,8-13,15-16H2,1-7H3/t17-,18+,21-,23+,24+,25-,27+,28-,29-,30-/m1/s1. The maximum atomic E-state index is 14.2. The average Bonchev–Trinajstić information content (AvgIpc) is 2.74. The fraction of sp³-hybridized carbons (Fsp3) is 0.867. The second-order valence-corrected chi connectivity index (χ2v) is 14.5. The largest absolute Gasteiger partial charge is 0.396 e. The first kappa shape index (κ1) is 24.7. The molecule has 5 aliphatic rings. The van der Waals surface area contributed by atoms with Crippen LogP contribution in [0.15, 0.2) is 11.6 Å². The summed E-state index contributed by atoms with van der Waals surface area (Å²) >= 11 is 0. The Bertz CT molecular complexity index is 949. The molecule has 4 fully saturated rings. The number of carbonyl (C=O) groups is 2. The van der Waals surface area contributed by atoms with Crippen molar-refractivity contribution in [3.63, 3.8) is 0 Å². The van der Waals surface area contributed by atoms with Gasteiger partial charge in [-0.1, -0.05) is 54.0 Å². The fourth-order valence-electron chi connectivity index (χ4n) is 10.7. The van der Waals surface area contributed by atoms with Crippen LogP contribution in [0.1, 0.15) is 93.4 Å². The van der Waals surface area contributed by atoms with Gasteiger partial charge in [-0.15, -0.1) is 0 Å². The van der Waals surface area contributed by atoms with E-state index in [9.17, 15) is 19.8 Å². The van der Waals surface area contributed by atoms with E-state index in [4.69, 9.17) is 0 Å². The lowest BCUT2D eigenvalue weighted by Crippen LogP contribution is -2.69. The molecule has 5 rings (SSSR count). The van der Waals surface area contributed by atoms with E-state index in [2.05, 4.69) is 34.6 Å². The molecule has 0 aromatic heterocycles. The Morgan fingerprint density at radius 3 is 2.32 bits per heavy atom. The quantitative estimate of drug-likeness (QED) is 0.541. The van der Waals surface area contributed by atoms with Crippen molar-refractivity contribution >= 4 is 11.6 Å². The van der Waals surface area contributed by atoms with E-state index in [1.165, 1.54) is 5.57 Å². The first-order valence-electron chi connectivity index (χ1n) is 13.8. The third kappa shape index (κ3) is 2.74. The van der Waals surface area contributed by atoms with Gasteiger partial charge in [0.2, 0.25) is 0 Å². The number of hydrogen-bond donors (Lipinski definition) is 2. The van der Waals surface area contributed by atoms with Gasteiger partial charge in [0.1, 0.15) is 5.78 Å². The minimum absolute atomic E-state index is 0.125. The molecule has 0 heterocycles. The van der Waals surface area contributed by atoms with Crippen LogP contribution in [-0.4, -0.2) is 34.5 Å². The van der Waals surface area contributed by atoms with Crippen molar-refractivity contribution in [2.45, 2.75) is 99.5 Å². The number of carbonyl (C=O) groups excluding carboxylic acids is 2. The highest BCUT2D eigenvalue weighted by atomic mass is 16.3. The number of aliphatic hydroxyl groups is 2. The van der Waals surface area contributed by atoms with Crippen molar-refractivity contribution in [3.05, 3.63) is 11.6 Å². The Balaban J connectivity index is 1.68. The predicted octanol–water partition coefficient (Wildman–Crippen LogP) is 5.36. The van der Waals surface area contributed by atoms with Gasteiger partial charge in [-0.2, -0.15) is 0 Å². The third-order valence-electron chi connectivity index (χ3n) is 12.8. The topological polar surface area (TPSA) is 74.6 Å². The van der Waals surface area contributed by atoms with Crippen molar-refractivity contribution in [3.8, 4) is 0 Å². The van der Waals surface area contributed by atoms with Crippen molar-refractivity contribution in [2.24, 2.45) is 56.7 Å². The summed E-state index contributed by atoms with van der Waals surface area (Å²) in [6.07, 6.45) is 7.25. The van der Waals surface area contributed by atoms with E-state index in [0.717, 1.165) is 25.7 Å². The summed E-state index contributed by atoms with van der Waals surface area (Å²) in [6, 6.07) is 0. The maximum Gasteiger partial charge on any atom is 0.159 e. The summed E-state index contributed by atoms with van der Waals surface area (Å²) in [5.41, 5.74) is -0.443. The number of hydrogen-bond acceptors (Lipinski definition) is 4. The Hall–Kier alpha value is -1.00. The van der Waals surface area contributed by atoms with Gasteiger partial charge < -0.3 is 10.2 Å². The van der Waals surface area contributed by atoms with Gasteiger partial charge in [0.05, 0.1) is 6.10 Å². The molecule has 0 aliphatic heterocycles. The molecule has 0 saturated heterocycles. The van der Waals surface area contributed by atoms with Gasteiger partial charge in [0.15, 0.2) is 5.78 Å². The number of rotatable bonds is 1. The molecule has 34 heavy (non-hydrogen) atoms. The van der Waals surface area contributed by atoms with Crippen molar-refractivity contribution in [1.82, 2.24) is 0 Å². The normalized spacial score (nSPS) is 54.3. The molecule has 0 aromatic carbocycles. The van der Waals surface area contributed by atoms with Gasteiger partial charge >= 0.3 is 0 Å². The zero-order valence-corrected chi connectivity index (χ0v) is 22.4. The molecule has 0 amide bonds. The third-order valence-corrected chi connectivity index (χ3v) is 12.8. The lowest BCUT2D eigenvalue weighted by atomic mass is 9.33. The molecule has 4 nitrogen and oxygen atoms in total. The molecule has 0 spiro atoms. The monoisotopic (exact) mass is 470 g/mol. The van der Waals surface area contributed by atoms with E-state index in [1.807, 2.05) is 19.9 Å². The smallest absolute Gasteiger partial charge is 0.159 e. The van der Waals surface area contributed by atoms with Gasteiger partial charge in [-0.3, -0.25) is 9.59 Å². The van der Waals surface area contributed by atoms with Crippen LogP contribution in [0.3, 0.4) is 0 Å². The molecule has 10 atom stereocenters. The molecule has 0 aromatic rings. The Labute approximate surface area is 206 Å². The number of fused-ring (bicyclic) bond motifs is 7. The van der Waals surface area contributed by atoms with Crippen LogP contribution in [-0.2, 0) is 9.59 Å². The highest BCUT2D eigenvalue weighted by Crippen LogP contribution is 2.74. The van der Waals surface area contributed by atoms with Crippen LogP contribution in [0, 0.1) is 56.7 Å². The number of Topliss-reactive ketones (excluding diaryl/α,β-unsaturated/α-hetero) is 1. The fourth-order valence-corrected chi connectivity index (χ4v) is 10.7. The zero-order chi connectivity index (χ0) is 25.1. The van der Waals surface area contributed by atoms with E-state index in [0.29, 0.717) is 31.1 Å². The molecular weight excluding hydrogens is 424 g/mol. The summed E-state index contributed by atoms with van der Waals surface area (Å²) < 4.78 is 0. The van der Waals surface area contributed by atoms with Crippen LogP contribution in [0.5, 0.6) is 0 Å². The van der Waals surface area contributed by atoms with Crippen LogP contribution < -0.4 is 0 Å². The minimum atomic E-state index is -0.620. The lowest BCUT2D eigenvalue weighted by molar-refractivity contribution is -0.217. The molecule has 5 aliphatic carbocycles. The van der Waals surface area contributed by atoms with Crippen molar-refractivity contribution in [2.75, 3.05) is 6.61 Å². The second-order valence-electron chi connectivity index (χ2n) is 14.5. The van der Waals surface area contributed by atoms with E-state index < -0.39 is 16.9 Å². The van der Waals surface area contributed by atoms with Gasteiger partial charge in [-0.25, -0.2) is 0 Å². The summed E-state index contributed by atoms with van der Waals surface area (Å²) in [7, 11) is 0. The SMILES string of the molecule is C[C@H]1[C@H](C)CC[C@]2(CO)CC[C@]3(C)C(=CC(=O)[C@@H]4[C@@]5(C)CCC(=O)C(C)(C)[C@@H]5[C@H](O)C[C@]43C)[C@H]12. The van der Waals surface area contributed by atoms with Crippen LogP contribution in [0.2, 0.25) is 0 Å². The van der Waals surface area contributed by atoms with Crippen LogP contribution in [0.4, 0.5) is 0 Å². The number of ketones is 2. The van der Waals surface area contributed by atoms with E-state index >= 15 is 0 Å². The first-order valence-corrected chi connectivity index (χ1v) is 13.8. The average molecular weight is 471 g/mol. The predicted molar refractivity (Wildman–Crippen MR) is 133 cm³/mol. The Morgan fingerprint density at radius 1 is 1.00 bits per heavy atom. The number of aliphatic hydroxyl groups excluding tert-OH is 2. The van der Waals surface area contributed by atoms with Crippen molar-refractivity contribution < 1.29 is 19.8 Å². The summed E-state index contributed by atoms with van der Waals surface area (Å²) in [4.78, 5) is 27.2. The van der Waals surface area contributed by atoms with Gasteiger partial charge in [0.25, 0.3) is 0 Å². The van der Waals surface area contributed by atoms with Crippen LogP contribution >= 0.6 is 0 Å². The second kappa shape index (κ2) is 7.28. The molecule has 4 heteroatoms. The van der Waals surface area contributed by atoms with Crippen molar-refractivity contribution in [1.29, 1.82) is 0 Å². The molecule has 0 unspecified atom stereocenters. The molecule has 2 N–H and O–H groups in total. The maximum absolute atomic E-state index is 14.2. The van der Waals surface area contributed by atoms with Crippen LogP contribution in [0.25, 0.3) is 0 Å². The van der Waals surface area contributed by atoms with Gasteiger partial charge in [0, 0.05) is 35.7 Å². The summed E-state index contributed by atoms with van der Waals surface area (Å²) in [5, 5.41) is 22.4. The Kier molecular flexibility index (Phi) is 5.28. The molecule has 4 saturated carbocycles. The van der Waals surface area contributed by atoms with E-state index in [-0.39, 0.29) is 52.2 Å². The first-order chi connectivity index (χ1) is 15.7.